The molecule has 8 nitrogen and oxygen atoms in total. The van der Waals surface area contributed by atoms with E-state index < -0.39 is 0 Å². The van der Waals surface area contributed by atoms with Gasteiger partial charge in [0.25, 0.3) is 0 Å². The molecule has 0 saturated carbocycles. The van der Waals surface area contributed by atoms with Crippen LogP contribution >= 0.6 is 23.3 Å². The van der Waals surface area contributed by atoms with Crippen molar-refractivity contribution >= 4 is 40.1 Å². The highest BCUT2D eigenvalue weighted by Gasteiger charge is 2.20. The Bertz CT molecular complexity index is 1070. The number of amides is 2. The van der Waals surface area contributed by atoms with Crippen molar-refractivity contribution in [3.05, 3.63) is 59.9 Å². The molecule has 0 atom stereocenters. The number of hydrogen-bond donors (Lipinski definition) is 2. The van der Waals surface area contributed by atoms with Crippen molar-refractivity contribution in [2.75, 3.05) is 62.9 Å². The largest absolute Gasteiger partial charge is 0.497 e. The minimum atomic E-state index is -0.173. The summed E-state index contributed by atoms with van der Waals surface area (Å²) in [5.74, 6) is 1.69. The number of benzene rings is 2. The van der Waals surface area contributed by atoms with Gasteiger partial charge < -0.3 is 20.3 Å². The first-order valence-electron chi connectivity index (χ1n) is 11.2. The molecule has 0 aliphatic carbocycles. The fourth-order valence-corrected chi connectivity index (χ4v) is 4.89. The van der Waals surface area contributed by atoms with Gasteiger partial charge in [0.1, 0.15) is 11.6 Å². The first-order valence-corrected chi connectivity index (χ1v) is 13.2. The number of rotatable bonds is 9. The van der Waals surface area contributed by atoms with Crippen LogP contribution in [-0.4, -0.2) is 72.9 Å². The molecule has 4 rings (SSSR count). The maximum absolute atomic E-state index is 12.1. The Hall–Kier alpha value is -2.82. The second-order valence-corrected chi connectivity index (χ2v) is 9.57. The van der Waals surface area contributed by atoms with Crippen LogP contribution in [0.3, 0.4) is 0 Å². The Morgan fingerprint density at radius 3 is 2.68 bits per heavy atom. The number of thioether (sulfide) groups is 1. The van der Waals surface area contributed by atoms with Crippen molar-refractivity contribution in [3.63, 3.8) is 0 Å². The summed E-state index contributed by atoms with van der Waals surface area (Å²) in [6.45, 7) is 5.11. The molecule has 34 heavy (non-hydrogen) atoms. The smallest absolute Gasteiger partial charge is 0.319 e. The van der Waals surface area contributed by atoms with Crippen LogP contribution in [0.25, 0.3) is 0 Å². The van der Waals surface area contributed by atoms with E-state index >= 15 is 0 Å². The van der Waals surface area contributed by atoms with Crippen LogP contribution in [0, 0.1) is 0 Å². The summed E-state index contributed by atoms with van der Waals surface area (Å²) in [5.41, 5.74) is 1.94. The molecule has 1 saturated heterocycles. The zero-order valence-corrected chi connectivity index (χ0v) is 21.1. The van der Waals surface area contributed by atoms with E-state index in [2.05, 4.69) is 30.9 Å². The molecule has 1 aliphatic rings. The highest BCUT2D eigenvalue weighted by atomic mass is 32.2. The average Bonchev–Trinajstić information content (AvgIpc) is 3.33. The normalized spacial score (nSPS) is 14.1. The van der Waals surface area contributed by atoms with Crippen molar-refractivity contribution in [1.82, 2.24) is 19.6 Å². The predicted molar refractivity (Wildman–Crippen MR) is 140 cm³/mol. The number of nitrogens with zero attached hydrogens (tertiary/aromatic N) is 4. The van der Waals surface area contributed by atoms with Crippen LogP contribution in [0.2, 0.25) is 0 Å². The SMILES string of the molecule is COc1cccc(Cc2nsc(N3CCN(CCNC(=O)Nc4ccc(SC)cc4)CC3)n2)c1. The fraction of sp³-hybridized carbons (Fsp3) is 0.375. The van der Waals surface area contributed by atoms with Crippen LogP contribution in [0.4, 0.5) is 15.6 Å². The lowest BCUT2D eigenvalue weighted by Crippen LogP contribution is -2.48. The predicted octanol–water partition coefficient (Wildman–Crippen LogP) is 3.80. The standard InChI is InChI=1S/C24H30N6O2S2/c1-32-20-5-3-4-18(16-20)17-22-27-24(34-28-22)30-14-12-29(13-15-30)11-10-25-23(31)26-19-6-8-21(33-2)9-7-19/h3-9,16H,10-15,17H2,1-2H3,(H2,25,26,31). The minimum Gasteiger partial charge on any atom is -0.497 e. The van der Waals surface area contributed by atoms with Crippen molar-refractivity contribution in [1.29, 1.82) is 0 Å². The molecule has 180 valence electrons. The first-order chi connectivity index (χ1) is 16.6. The molecule has 0 bridgehead atoms. The number of ether oxygens (including phenoxy) is 1. The topological polar surface area (TPSA) is 82.6 Å². The molecule has 10 heteroatoms. The van der Waals surface area contributed by atoms with Gasteiger partial charge in [-0.2, -0.15) is 4.37 Å². The number of methoxy groups -OCH3 is 1. The van der Waals surface area contributed by atoms with Crippen molar-refractivity contribution in [2.45, 2.75) is 11.3 Å². The van der Waals surface area contributed by atoms with Crippen LogP contribution in [-0.2, 0) is 6.42 Å². The van der Waals surface area contributed by atoms with Crippen molar-refractivity contribution in [3.8, 4) is 5.75 Å². The molecule has 0 radical (unpaired) electrons. The van der Waals surface area contributed by atoms with Gasteiger partial charge in [0, 0.05) is 67.8 Å². The van der Waals surface area contributed by atoms with E-state index in [1.807, 2.05) is 48.7 Å². The van der Waals surface area contributed by atoms with Gasteiger partial charge in [-0.1, -0.05) is 12.1 Å². The zero-order valence-electron chi connectivity index (χ0n) is 19.5. The molecule has 0 unspecified atom stereocenters. The number of hydrogen-bond acceptors (Lipinski definition) is 8. The number of nitrogens with one attached hydrogen (secondary N) is 2. The minimum absolute atomic E-state index is 0.173. The molecule has 2 heterocycles. The molecule has 2 N–H and O–H groups in total. The average molecular weight is 499 g/mol. The number of piperazine rings is 1. The molecule has 0 spiro atoms. The maximum atomic E-state index is 12.1. The summed E-state index contributed by atoms with van der Waals surface area (Å²) < 4.78 is 9.85. The molecule has 1 aliphatic heterocycles. The summed E-state index contributed by atoms with van der Waals surface area (Å²) in [6, 6.07) is 15.7. The second-order valence-electron chi connectivity index (χ2n) is 7.96. The van der Waals surface area contributed by atoms with E-state index in [0.29, 0.717) is 13.0 Å². The molecule has 2 aromatic carbocycles. The lowest BCUT2D eigenvalue weighted by molar-refractivity contribution is 0.240. The Morgan fingerprint density at radius 2 is 1.94 bits per heavy atom. The van der Waals surface area contributed by atoms with Crippen molar-refractivity contribution in [2.24, 2.45) is 0 Å². The summed E-state index contributed by atoms with van der Waals surface area (Å²) in [7, 11) is 1.68. The Kier molecular flexibility index (Phi) is 8.62. The van der Waals surface area contributed by atoms with Crippen LogP contribution in [0.5, 0.6) is 5.75 Å². The summed E-state index contributed by atoms with van der Waals surface area (Å²) >= 11 is 3.14. The zero-order chi connectivity index (χ0) is 23.8. The molecule has 2 amide bonds. The number of carbonyl (C=O) groups excluding carboxylic acids is 1. The van der Waals surface area contributed by atoms with Gasteiger partial charge in [0.05, 0.1) is 7.11 Å². The number of aromatic nitrogens is 2. The number of urea groups is 1. The first kappa shape index (κ1) is 24.3. The van der Waals surface area contributed by atoms with Gasteiger partial charge in [-0.05, 0) is 48.2 Å². The molecule has 1 aromatic heterocycles. The van der Waals surface area contributed by atoms with E-state index in [0.717, 1.165) is 60.7 Å². The quantitative estimate of drug-likeness (QED) is 0.434. The lowest BCUT2D eigenvalue weighted by Gasteiger charge is -2.34. The van der Waals surface area contributed by atoms with Gasteiger partial charge in [0.15, 0.2) is 0 Å². The summed E-state index contributed by atoms with van der Waals surface area (Å²) in [4.78, 5) is 22.7. The summed E-state index contributed by atoms with van der Waals surface area (Å²) in [5, 5.41) is 6.80. The van der Waals surface area contributed by atoms with E-state index in [1.54, 1.807) is 18.9 Å². The molecule has 1 fully saturated rings. The van der Waals surface area contributed by atoms with E-state index in [-0.39, 0.29) is 6.03 Å². The maximum Gasteiger partial charge on any atom is 0.319 e. The molecular formula is C24H30N6O2S2. The van der Waals surface area contributed by atoms with Gasteiger partial charge in [-0.3, -0.25) is 4.90 Å². The monoisotopic (exact) mass is 498 g/mol. The number of anilines is 2. The lowest BCUT2D eigenvalue weighted by atomic mass is 10.1. The second kappa shape index (κ2) is 12.0. The van der Waals surface area contributed by atoms with Gasteiger partial charge in [-0.15, -0.1) is 11.8 Å². The third kappa shape index (κ3) is 6.85. The molecule has 3 aromatic rings. The van der Waals surface area contributed by atoms with Gasteiger partial charge in [0.2, 0.25) is 5.13 Å². The highest BCUT2D eigenvalue weighted by Crippen LogP contribution is 2.22. The third-order valence-electron chi connectivity index (χ3n) is 5.66. The number of carbonyl (C=O) groups is 1. The third-order valence-corrected chi connectivity index (χ3v) is 7.22. The van der Waals surface area contributed by atoms with Crippen molar-refractivity contribution < 1.29 is 9.53 Å². The Balaban J connectivity index is 1.17. The van der Waals surface area contributed by atoms with Crippen LogP contribution in [0.15, 0.2) is 53.4 Å². The highest BCUT2D eigenvalue weighted by molar-refractivity contribution is 7.98. The van der Waals surface area contributed by atoms with Gasteiger partial charge >= 0.3 is 6.03 Å². The van der Waals surface area contributed by atoms with E-state index in [9.17, 15) is 4.79 Å². The Morgan fingerprint density at radius 1 is 1.15 bits per heavy atom. The Labute approximate surface area is 208 Å². The summed E-state index contributed by atoms with van der Waals surface area (Å²) in [6.07, 6.45) is 2.73. The van der Waals surface area contributed by atoms with E-state index in [1.165, 1.54) is 16.4 Å². The molecular weight excluding hydrogens is 468 g/mol. The van der Waals surface area contributed by atoms with Gasteiger partial charge in [-0.25, -0.2) is 9.78 Å². The van der Waals surface area contributed by atoms with Crippen LogP contribution in [0.1, 0.15) is 11.4 Å². The fourth-order valence-electron chi connectivity index (χ4n) is 3.75. The van der Waals surface area contributed by atoms with E-state index in [4.69, 9.17) is 9.72 Å². The van der Waals surface area contributed by atoms with Crippen LogP contribution < -0.4 is 20.3 Å².